The first-order chi connectivity index (χ1) is 12.0. The molecule has 1 aliphatic heterocycles. The van der Waals surface area contributed by atoms with E-state index in [0.29, 0.717) is 25.6 Å². The van der Waals surface area contributed by atoms with Crippen molar-refractivity contribution in [1.29, 1.82) is 0 Å². The third kappa shape index (κ3) is 8.29. The summed E-state index contributed by atoms with van der Waals surface area (Å²) in [5.41, 5.74) is 0. The Labute approximate surface area is 150 Å². The fourth-order valence-corrected chi connectivity index (χ4v) is 4.20. The summed E-state index contributed by atoms with van der Waals surface area (Å²) in [7, 11) is 0. The molecule has 25 heavy (non-hydrogen) atoms. The van der Waals surface area contributed by atoms with Gasteiger partial charge in [-0.1, -0.05) is 39.0 Å². The van der Waals surface area contributed by atoms with Gasteiger partial charge >= 0.3 is 6.18 Å². The molecule has 0 atom stereocenters. The molecule has 0 spiro atoms. The van der Waals surface area contributed by atoms with Gasteiger partial charge in [0.1, 0.15) is 0 Å². The Bertz CT molecular complexity index is 343. The lowest BCUT2D eigenvalue weighted by atomic mass is 9.79. The lowest BCUT2D eigenvalue weighted by molar-refractivity contribution is -0.230. The highest BCUT2D eigenvalue weighted by Gasteiger charge is 2.33. The molecule has 2 rings (SSSR count). The molecule has 5 heteroatoms. The van der Waals surface area contributed by atoms with Crippen molar-refractivity contribution in [3.05, 3.63) is 0 Å². The van der Waals surface area contributed by atoms with Crippen LogP contribution in [0.5, 0.6) is 0 Å². The Hall–Kier alpha value is -0.290. The van der Waals surface area contributed by atoms with E-state index in [1.165, 1.54) is 57.8 Å². The van der Waals surface area contributed by atoms with Crippen molar-refractivity contribution in [2.75, 3.05) is 13.2 Å². The molecule has 0 aromatic rings. The van der Waals surface area contributed by atoms with Crippen molar-refractivity contribution >= 4 is 0 Å². The Morgan fingerprint density at radius 2 is 1.44 bits per heavy atom. The minimum atomic E-state index is -4.05. The van der Waals surface area contributed by atoms with Gasteiger partial charge in [0.15, 0.2) is 6.29 Å². The van der Waals surface area contributed by atoms with Gasteiger partial charge in [-0.25, -0.2) is 0 Å². The van der Waals surface area contributed by atoms with E-state index in [1.807, 2.05) is 0 Å². The van der Waals surface area contributed by atoms with Crippen LogP contribution in [0.3, 0.4) is 0 Å². The number of halogens is 3. The van der Waals surface area contributed by atoms with Crippen LogP contribution in [0, 0.1) is 17.8 Å². The number of alkyl halides is 3. The average molecular weight is 364 g/mol. The van der Waals surface area contributed by atoms with Gasteiger partial charge in [0.05, 0.1) is 13.2 Å². The van der Waals surface area contributed by atoms with Crippen molar-refractivity contribution in [2.24, 2.45) is 17.8 Å². The van der Waals surface area contributed by atoms with E-state index < -0.39 is 12.6 Å². The molecule has 0 aromatic carbocycles. The van der Waals surface area contributed by atoms with E-state index in [2.05, 4.69) is 6.92 Å². The number of rotatable bonds is 9. The summed E-state index contributed by atoms with van der Waals surface area (Å²) in [5, 5.41) is 0. The first-order valence-electron chi connectivity index (χ1n) is 10.3. The maximum absolute atomic E-state index is 12.2. The molecule has 0 bridgehead atoms. The summed E-state index contributed by atoms with van der Waals surface area (Å²) in [5.74, 6) is 1.46. The Balaban J connectivity index is 1.56. The second-order valence-electron chi connectivity index (χ2n) is 8.04. The standard InChI is InChI=1S/C20H35F3O2/c1-2-3-4-5-7-16-9-11-18(12-10-16)19-24-14-17(15-25-19)8-6-13-20(21,22)23/h16-19H,2-15H2,1H3/t16-,17-,18-,19-. The van der Waals surface area contributed by atoms with Gasteiger partial charge in [-0.3, -0.25) is 0 Å². The lowest BCUT2D eigenvalue weighted by Gasteiger charge is -2.37. The molecule has 0 N–H and O–H groups in total. The smallest absolute Gasteiger partial charge is 0.352 e. The van der Waals surface area contributed by atoms with E-state index in [0.717, 1.165) is 5.92 Å². The van der Waals surface area contributed by atoms with Gasteiger partial charge in [0.25, 0.3) is 0 Å². The maximum atomic E-state index is 12.2. The highest BCUT2D eigenvalue weighted by molar-refractivity contribution is 4.77. The maximum Gasteiger partial charge on any atom is 0.389 e. The zero-order valence-electron chi connectivity index (χ0n) is 15.7. The largest absolute Gasteiger partial charge is 0.389 e. The van der Waals surface area contributed by atoms with Crippen LogP contribution in [0.25, 0.3) is 0 Å². The highest BCUT2D eigenvalue weighted by Crippen LogP contribution is 2.36. The minimum absolute atomic E-state index is 0.119. The number of ether oxygens (including phenoxy) is 2. The van der Waals surface area contributed by atoms with E-state index in [9.17, 15) is 13.2 Å². The fourth-order valence-electron chi connectivity index (χ4n) is 4.20. The molecule has 1 saturated carbocycles. The summed E-state index contributed by atoms with van der Waals surface area (Å²) in [6.45, 7) is 3.36. The molecule has 0 unspecified atom stereocenters. The molecule has 1 aliphatic carbocycles. The van der Waals surface area contributed by atoms with Crippen LogP contribution in [-0.2, 0) is 9.47 Å². The van der Waals surface area contributed by atoms with Crippen molar-refractivity contribution in [2.45, 2.75) is 96.4 Å². The molecular formula is C20H35F3O2. The summed E-state index contributed by atoms with van der Waals surface area (Å²) >= 11 is 0. The van der Waals surface area contributed by atoms with Crippen LogP contribution < -0.4 is 0 Å². The topological polar surface area (TPSA) is 18.5 Å². The third-order valence-corrected chi connectivity index (χ3v) is 5.81. The first kappa shape index (κ1) is 21.0. The fraction of sp³-hybridized carbons (Fsp3) is 1.00. The normalized spacial score (nSPS) is 31.2. The summed E-state index contributed by atoms with van der Waals surface area (Å²) in [4.78, 5) is 0. The van der Waals surface area contributed by atoms with Crippen LogP contribution in [-0.4, -0.2) is 25.7 Å². The molecule has 2 aliphatic rings. The monoisotopic (exact) mass is 364 g/mol. The minimum Gasteiger partial charge on any atom is -0.352 e. The van der Waals surface area contributed by atoms with Crippen molar-refractivity contribution in [3.63, 3.8) is 0 Å². The van der Waals surface area contributed by atoms with Crippen LogP contribution in [0.4, 0.5) is 13.2 Å². The second kappa shape index (κ2) is 10.8. The van der Waals surface area contributed by atoms with Gasteiger partial charge < -0.3 is 9.47 Å². The Kier molecular flexibility index (Phi) is 9.05. The van der Waals surface area contributed by atoms with Crippen molar-refractivity contribution in [1.82, 2.24) is 0 Å². The molecule has 0 amide bonds. The predicted molar refractivity (Wildman–Crippen MR) is 93.3 cm³/mol. The number of unbranched alkanes of at least 4 members (excludes halogenated alkanes) is 3. The number of hydrogen-bond acceptors (Lipinski definition) is 2. The molecule has 0 aromatic heterocycles. The van der Waals surface area contributed by atoms with E-state index in [4.69, 9.17) is 9.47 Å². The zero-order valence-corrected chi connectivity index (χ0v) is 15.7. The van der Waals surface area contributed by atoms with E-state index in [-0.39, 0.29) is 18.6 Å². The molecule has 2 nitrogen and oxygen atoms in total. The van der Waals surface area contributed by atoms with Crippen LogP contribution in [0.15, 0.2) is 0 Å². The Morgan fingerprint density at radius 1 is 0.800 bits per heavy atom. The summed E-state index contributed by atoms with van der Waals surface area (Å²) < 4.78 is 48.3. The Morgan fingerprint density at radius 3 is 2.04 bits per heavy atom. The van der Waals surface area contributed by atoms with Gasteiger partial charge in [-0.15, -0.1) is 0 Å². The van der Waals surface area contributed by atoms with Gasteiger partial charge in [0.2, 0.25) is 0 Å². The van der Waals surface area contributed by atoms with Crippen LogP contribution in [0.2, 0.25) is 0 Å². The summed E-state index contributed by atoms with van der Waals surface area (Å²) in [6.07, 6.45) is 7.45. The molecule has 2 fully saturated rings. The van der Waals surface area contributed by atoms with E-state index >= 15 is 0 Å². The zero-order chi connectivity index (χ0) is 18.1. The predicted octanol–water partition coefficient (Wildman–Crippen LogP) is 6.48. The molecule has 148 valence electrons. The van der Waals surface area contributed by atoms with Crippen molar-refractivity contribution < 1.29 is 22.6 Å². The SMILES string of the molecule is CCCCCC[C@H]1CC[C@H]([C@H]2OC[C@H](CCCC(F)(F)F)CO2)CC1. The molecule has 1 heterocycles. The van der Waals surface area contributed by atoms with Gasteiger partial charge in [-0.2, -0.15) is 13.2 Å². The molecule has 0 radical (unpaired) electrons. The average Bonchev–Trinajstić information content (AvgIpc) is 2.59. The van der Waals surface area contributed by atoms with Crippen molar-refractivity contribution in [3.8, 4) is 0 Å². The molecule has 1 saturated heterocycles. The highest BCUT2D eigenvalue weighted by atomic mass is 19.4. The molecular weight excluding hydrogens is 329 g/mol. The van der Waals surface area contributed by atoms with Gasteiger partial charge in [-0.05, 0) is 44.4 Å². The van der Waals surface area contributed by atoms with E-state index in [1.54, 1.807) is 0 Å². The summed E-state index contributed by atoms with van der Waals surface area (Å²) in [6, 6.07) is 0. The van der Waals surface area contributed by atoms with Gasteiger partial charge in [0, 0.05) is 18.3 Å². The quantitative estimate of drug-likeness (QED) is 0.436. The third-order valence-electron chi connectivity index (χ3n) is 5.81. The lowest BCUT2D eigenvalue weighted by Crippen LogP contribution is -2.38. The first-order valence-corrected chi connectivity index (χ1v) is 10.3. The van der Waals surface area contributed by atoms with Crippen LogP contribution in [0.1, 0.15) is 84.0 Å². The van der Waals surface area contributed by atoms with Crippen LogP contribution >= 0.6 is 0 Å². The second-order valence-corrected chi connectivity index (χ2v) is 8.04. The number of hydrogen-bond donors (Lipinski definition) is 0.